The lowest BCUT2D eigenvalue weighted by Crippen LogP contribution is -2.15. The maximum Gasteiger partial charge on any atom is 0.251 e. The van der Waals surface area contributed by atoms with E-state index in [1.165, 1.54) is 17.1 Å². The topological polar surface area (TPSA) is 81.1 Å². The summed E-state index contributed by atoms with van der Waals surface area (Å²) in [6.07, 6.45) is 2.81. The van der Waals surface area contributed by atoms with E-state index in [0.717, 1.165) is 0 Å². The fourth-order valence-electron chi connectivity index (χ4n) is 0.868. The molecule has 0 spiro atoms. The monoisotopic (exact) mass is 203 g/mol. The molecule has 1 unspecified atom stereocenters. The van der Waals surface area contributed by atoms with Gasteiger partial charge in [0.1, 0.15) is 0 Å². The molecule has 0 fully saturated rings. The van der Waals surface area contributed by atoms with Gasteiger partial charge in [-0.2, -0.15) is 5.10 Å². The Balaban J connectivity index is 2.84. The van der Waals surface area contributed by atoms with Crippen LogP contribution in [-0.2, 0) is 0 Å². The Morgan fingerprint density at radius 2 is 2.54 bits per heavy atom. The summed E-state index contributed by atoms with van der Waals surface area (Å²) in [4.78, 5) is 10.7. The second-order valence-corrected chi connectivity index (χ2v) is 2.87. The molecular formula is C7H10ClN3O2. The Bertz CT molecular complexity index is 296. The number of alkyl halides is 1. The van der Waals surface area contributed by atoms with Crippen LogP contribution in [0.5, 0.6) is 0 Å². The Kier molecular flexibility index (Phi) is 3.27. The van der Waals surface area contributed by atoms with Crippen LogP contribution >= 0.6 is 11.6 Å². The molecule has 1 atom stereocenters. The van der Waals surface area contributed by atoms with Crippen molar-refractivity contribution in [1.29, 1.82) is 0 Å². The fraction of sp³-hybridized carbons (Fsp3) is 0.429. The molecule has 0 aliphatic heterocycles. The summed E-state index contributed by atoms with van der Waals surface area (Å²) >= 11 is 5.55. The van der Waals surface area contributed by atoms with Crippen molar-refractivity contribution in [3.05, 3.63) is 18.0 Å². The Hall–Kier alpha value is -1.07. The fourth-order valence-corrected chi connectivity index (χ4v) is 1.11. The molecule has 1 amide bonds. The number of nitrogens with two attached hydrogens (primary N) is 1. The molecule has 0 saturated carbocycles. The van der Waals surface area contributed by atoms with Gasteiger partial charge in [0, 0.05) is 12.1 Å². The first-order valence-electron chi connectivity index (χ1n) is 3.69. The molecule has 0 aromatic carbocycles. The molecule has 0 bridgehead atoms. The van der Waals surface area contributed by atoms with E-state index in [1.54, 1.807) is 0 Å². The average Bonchev–Trinajstić information content (AvgIpc) is 2.56. The molecule has 5 nitrogen and oxygen atoms in total. The standard InChI is InChI=1S/C7H10ClN3O2/c8-1-6(4-12)11-3-5(2-10-11)7(9)13/h2-3,6,12H,1,4H2,(H2,9,13). The Morgan fingerprint density at radius 1 is 1.85 bits per heavy atom. The van der Waals surface area contributed by atoms with Crippen molar-refractivity contribution < 1.29 is 9.90 Å². The second-order valence-electron chi connectivity index (χ2n) is 2.56. The Labute approximate surface area is 80.1 Å². The van der Waals surface area contributed by atoms with Crippen molar-refractivity contribution in [2.75, 3.05) is 12.5 Å². The van der Waals surface area contributed by atoms with Crippen LogP contribution in [0.3, 0.4) is 0 Å². The number of carbonyl (C=O) groups excluding carboxylic acids is 1. The van der Waals surface area contributed by atoms with Crippen molar-refractivity contribution >= 4 is 17.5 Å². The van der Waals surface area contributed by atoms with Gasteiger partial charge >= 0.3 is 0 Å². The lowest BCUT2D eigenvalue weighted by Gasteiger charge is -2.09. The van der Waals surface area contributed by atoms with E-state index in [0.29, 0.717) is 5.56 Å². The van der Waals surface area contributed by atoms with Crippen molar-refractivity contribution in [3.63, 3.8) is 0 Å². The number of rotatable bonds is 4. The molecule has 6 heteroatoms. The number of carbonyl (C=O) groups is 1. The summed E-state index contributed by atoms with van der Waals surface area (Å²) in [5.74, 6) is -0.311. The smallest absolute Gasteiger partial charge is 0.251 e. The van der Waals surface area contributed by atoms with E-state index in [1.807, 2.05) is 0 Å². The molecule has 1 aromatic heterocycles. The van der Waals surface area contributed by atoms with E-state index < -0.39 is 5.91 Å². The van der Waals surface area contributed by atoms with Gasteiger partial charge in [0.15, 0.2) is 0 Å². The van der Waals surface area contributed by atoms with Gasteiger partial charge in [-0.1, -0.05) is 0 Å². The van der Waals surface area contributed by atoms with E-state index >= 15 is 0 Å². The van der Waals surface area contributed by atoms with Crippen LogP contribution in [0.15, 0.2) is 12.4 Å². The average molecular weight is 204 g/mol. The number of aliphatic hydroxyl groups is 1. The third-order valence-electron chi connectivity index (χ3n) is 1.65. The zero-order valence-corrected chi connectivity index (χ0v) is 7.61. The van der Waals surface area contributed by atoms with E-state index in [9.17, 15) is 4.79 Å². The van der Waals surface area contributed by atoms with Gasteiger partial charge in [-0.15, -0.1) is 11.6 Å². The van der Waals surface area contributed by atoms with Gasteiger partial charge in [-0.25, -0.2) is 0 Å². The predicted octanol–water partition coefficient (Wildman–Crippen LogP) is -0.246. The highest BCUT2D eigenvalue weighted by molar-refractivity contribution is 6.18. The molecule has 0 aliphatic carbocycles. The minimum atomic E-state index is -0.544. The van der Waals surface area contributed by atoms with Crippen LogP contribution in [0.25, 0.3) is 0 Å². The van der Waals surface area contributed by atoms with E-state index in [2.05, 4.69) is 5.10 Å². The van der Waals surface area contributed by atoms with Crippen LogP contribution < -0.4 is 5.73 Å². The molecule has 1 rings (SSSR count). The van der Waals surface area contributed by atoms with Gasteiger partial charge in [0.2, 0.25) is 0 Å². The number of nitrogens with zero attached hydrogens (tertiary/aromatic N) is 2. The molecule has 72 valence electrons. The summed E-state index contributed by atoms with van der Waals surface area (Å²) in [7, 11) is 0. The normalized spacial score (nSPS) is 12.8. The lowest BCUT2D eigenvalue weighted by molar-refractivity contribution is 0.1000. The molecular weight excluding hydrogens is 194 g/mol. The van der Waals surface area contributed by atoms with E-state index in [-0.39, 0.29) is 18.5 Å². The van der Waals surface area contributed by atoms with Gasteiger partial charge in [-0.05, 0) is 0 Å². The first-order chi connectivity index (χ1) is 6.19. The van der Waals surface area contributed by atoms with Crippen LogP contribution in [0.4, 0.5) is 0 Å². The highest BCUT2D eigenvalue weighted by atomic mass is 35.5. The van der Waals surface area contributed by atoms with Crippen LogP contribution in [-0.4, -0.2) is 33.3 Å². The van der Waals surface area contributed by atoms with Gasteiger partial charge in [0.05, 0.1) is 24.4 Å². The molecule has 13 heavy (non-hydrogen) atoms. The first kappa shape index (κ1) is 10.0. The SMILES string of the molecule is NC(=O)c1cnn(C(CO)CCl)c1. The molecule has 0 radical (unpaired) electrons. The molecule has 0 aliphatic rings. The summed E-state index contributed by atoms with van der Waals surface area (Å²) in [5, 5.41) is 12.7. The molecule has 1 heterocycles. The molecule has 1 aromatic rings. The Morgan fingerprint density at radius 3 is 2.92 bits per heavy atom. The van der Waals surface area contributed by atoms with Crippen LogP contribution in [0.2, 0.25) is 0 Å². The van der Waals surface area contributed by atoms with Crippen LogP contribution in [0, 0.1) is 0 Å². The zero-order chi connectivity index (χ0) is 9.84. The maximum absolute atomic E-state index is 10.7. The quantitative estimate of drug-likeness (QED) is 0.663. The second kappa shape index (κ2) is 4.25. The summed E-state index contributed by atoms with van der Waals surface area (Å²) < 4.78 is 1.42. The third-order valence-corrected chi connectivity index (χ3v) is 2.01. The predicted molar refractivity (Wildman–Crippen MR) is 47.6 cm³/mol. The number of amides is 1. The molecule has 0 saturated heterocycles. The van der Waals surface area contributed by atoms with Crippen molar-refractivity contribution in [1.82, 2.24) is 9.78 Å². The number of halogens is 1. The number of primary amides is 1. The largest absolute Gasteiger partial charge is 0.394 e. The first-order valence-corrected chi connectivity index (χ1v) is 4.23. The minimum absolute atomic E-state index is 0.122. The number of aromatic nitrogens is 2. The van der Waals surface area contributed by atoms with Gasteiger partial charge in [-0.3, -0.25) is 9.48 Å². The number of hydrogen-bond donors (Lipinski definition) is 2. The van der Waals surface area contributed by atoms with Gasteiger partial charge in [0.25, 0.3) is 5.91 Å². The van der Waals surface area contributed by atoms with E-state index in [4.69, 9.17) is 22.4 Å². The highest BCUT2D eigenvalue weighted by Gasteiger charge is 2.11. The summed E-state index contributed by atoms with van der Waals surface area (Å²) in [5.41, 5.74) is 5.33. The van der Waals surface area contributed by atoms with Crippen molar-refractivity contribution in [2.45, 2.75) is 6.04 Å². The summed E-state index contributed by atoms with van der Waals surface area (Å²) in [6, 6.07) is -0.310. The lowest BCUT2D eigenvalue weighted by atomic mass is 10.3. The number of aliphatic hydroxyl groups excluding tert-OH is 1. The highest BCUT2D eigenvalue weighted by Crippen LogP contribution is 2.07. The van der Waals surface area contributed by atoms with Gasteiger partial charge < -0.3 is 10.8 Å². The minimum Gasteiger partial charge on any atom is -0.394 e. The number of hydrogen-bond acceptors (Lipinski definition) is 3. The zero-order valence-electron chi connectivity index (χ0n) is 6.85. The maximum atomic E-state index is 10.7. The van der Waals surface area contributed by atoms with Crippen molar-refractivity contribution in [3.8, 4) is 0 Å². The van der Waals surface area contributed by atoms with Crippen molar-refractivity contribution in [2.24, 2.45) is 5.73 Å². The molecule has 3 N–H and O–H groups in total. The third kappa shape index (κ3) is 2.19. The summed E-state index contributed by atoms with van der Waals surface area (Å²) in [6.45, 7) is -0.122. The van der Waals surface area contributed by atoms with Crippen LogP contribution in [0.1, 0.15) is 16.4 Å².